The molecule has 3 heterocycles. The molecule has 154 valence electrons. The zero-order chi connectivity index (χ0) is 19.8. The maximum Gasteiger partial charge on any atom is 0.191 e. The summed E-state index contributed by atoms with van der Waals surface area (Å²) in [4.78, 5) is 6.95. The molecular formula is C20H33N7O. The fraction of sp³-hybridized carbons (Fsp3) is 0.650. The fourth-order valence-electron chi connectivity index (χ4n) is 3.93. The van der Waals surface area contributed by atoms with E-state index in [2.05, 4.69) is 44.6 Å². The Morgan fingerprint density at radius 1 is 1.18 bits per heavy atom. The Kier molecular flexibility index (Phi) is 7.62. The smallest absolute Gasteiger partial charge is 0.191 e. The highest BCUT2D eigenvalue weighted by Gasteiger charge is 2.27. The molecule has 0 radical (unpaired) electrons. The van der Waals surface area contributed by atoms with E-state index in [1.165, 1.54) is 12.8 Å². The molecule has 0 saturated carbocycles. The summed E-state index contributed by atoms with van der Waals surface area (Å²) in [5.41, 5.74) is 0.850. The van der Waals surface area contributed by atoms with Gasteiger partial charge in [-0.05, 0) is 18.1 Å². The number of hydrogen-bond acceptors (Lipinski definition) is 5. The number of morpholine rings is 1. The minimum absolute atomic E-state index is 0.478. The zero-order valence-electron chi connectivity index (χ0n) is 17.3. The molecule has 1 aliphatic rings. The van der Waals surface area contributed by atoms with E-state index in [0.29, 0.717) is 18.5 Å². The van der Waals surface area contributed by atoms with E-state index in [-0.39, 0.29) is 0 Å². The molecule has 2 aromatic heterocycles. The molecule has 2 N–H and O–H groups in total. The number of hydrogen-bond donors (Lipinski definition) is 2. The quantitative estimate of drug-likeness (QED) is 0.528. The maximum absolute atomic E-state index is 5.55. The Hall–Kier alpha value is -2.19. The van der Waals surface area contributed by atoms with Crippen molar-refractivity contribution < 1.29 is 4.74 Å². The van der Waals surface area contributed by atoms with Crippen molar-refractivity contribution in [3.63, 3.8) is 0 Å². The SMILES string of the molecule is CCC(CC)C(CNC(=NC)NCc1nnc2ccccn12)N1CCOCC1. The van der Waals surface area contributed by atoms with Gasteiger partial charge in [-0.1, -0.05) is 32.8 Å². The average Bonchev–Trinajstić information content (AvgIpc) is 3.17. The fourth-order valence-corrected chi connectivity index (χ4v) is 3.93. The Balaban J connectivity index is 1.59. The third-order valence-corrected chi connectivity index (χ3v) is 5.61. The van der Waals surface area contributed by atoms with Crippen molar-refractivity contribution in [3.8, 4) is 0 Å². The van der Waals surface area contributed by atoms with Crippen LogP contribution in [0.5, 0.6) is 0 Å². The molecule has 1 aliphatic heterocycles. The van der Waals surface area contributed by atoms with Crippen molar-refractivity contribution in [1.29, 1.82) is 0 Å². The molecule has 8 heteroatoms. The van der Waals surface area contributed by atoms with Crippen molar-refractivity contribution in [3.05, 3.63) is 30.2 Å². The summed E-state index contributed by atoms with van der Waals surface area (Å²) in [6.07, 6.45) is 4.33. The second-order valence-electron chi connectivity index (χ2n) is 7.14. The molecule has 0 spiro atoms. The predicted octanol–water partition coefficient (Wildman–Crippen LogP) is 1.53. The molecule has 1 atom stereocenters. The summed E-state index contributed by atoms with van der Waals surface area (Å²) in [7, 11) is 1.80. The Morgan fingerprint density at radius 3 is 2.68 bits per heavy atom. The lowest BCUT2D eigenvalue weighted by atomic mass is 9.92. The first-order chi connectivity index (χ1) is 13.8. The molecular weight excluding hydrogens is 354 g/mol. The van der Waals surface area contributed by atoms with Crippen molar-refractivity contribution >= 4 is 11.6 Å². The molecule has 28 heavy (non-hydrogen) atoms. The van der Waals surface area contributed by atoms with Crippen LogP contribution in [0.25, 0.3) is 5.65 Å². The number of pyridine rings is 1. The standard InChI is InChI=1S/C20H33N7O/c1-4-16(5-2)17(26-10-12-28-13-11-26)14-22-20(21-3)23-15-19-25-24-18-8-6-7-9-27(18)19/h6-9,16-17H,4-5,10-15H2,1-3H3,(H2,21,22,23). The number of nitrogens with zero attached hydrogens (tertiary/aromatic N) is 5. The summed E-state index contributed by atoms with van der Waals surface area (Å²) in [5, 5.41) is 15.4. The molecule has 0 bridgehead atoms. The first-order valence-electron chi connectivity index (χ1n) is 10.3. The van der Waals surface area contributed by atoms with Gasteiger partial charge < -0.3 is 15.4 Å². The van der Waals surface area contributed by atoms with Gasteiger partial charge in [-0.25, -0.2) is 0 Å². The molecule has 8 nitrogen and oxygen atoms in total. The Morgan fingerprint density at radius 2 is 1.96 bits per heavy atom. The largest absolute Gasteiger partial charge is 0.379 e. The van der Waals surface area contributed by atoms with Crippen LogP contribution < -0.4 is 10.6 Å². The van der Waals surface area contributed by atoms with Crippen LogP contribution in [0.1, 0.15) is 32.5 Å². The molecule has 0 aromatic carbocycles. The van der Waals surface area contributed by atoms with Gasteiger partial charge in [0.2, 0.25) is 0 Å². The molecule has 0 amide bonds. The number of ether oxygens (including phenoxy) is 1. The Labute approximate surface area is 167 Å². The minimum Gasteiger partial charge on any atom is -0.379 e. The van der Waals surface area contributed by atoms with Gasteiger partial charge in [0, 0.05) is 38.9 Å². The van der Waals surface area contributed by atoms with E-state index in [9.17, 15) is 0 Å². The van der Waals surface area contributed by atoms with Gasteiger partial charge in [0.25, 0.3) is 0 Å². The first-order valence-corrected chi connectivity index (χ1v) is 10.3. The van der Waals surface area contributed by atoms with Gasteiger partial charge in [0.15, 0.2) is 17.4 Å². The second-order valence-corrected chi connectivity index (χ2v) is 7.14. The molecule has 3 rings (SSSR count). The number of aliphatic imine (C=N–C) groups is 1. The van der Waals surface area contributed by atoms with E-state index >= 15 is 0 Å². The summed E-state index contributed by atoms with van der Waals surface area (Å²) >= 11 is 0. The highest BCUT2D eigenvalue weighted by Crippen LogP contribution is 2.19. The maximum atomic E-state index is 5.55. The topological polar surface area (TPSA) is 79.1 Å². The van der Waals surface area contributed by atoms with E-state index in [1.807, 2.05) is 28.8 Å². The second kappa shape index (κ2) is 10.4. The third-order valence-electron chi connectivity index (χ3n) is 5.61. The van der Waals surface area contributed by atoms with E-state index in [0.717, 1.165) is 50.3 Å². The van der Waals surface area contributed by atoms with E-state index in [4.69, 9.17) is 4.74 Å². The lowest BCUT2D eigenvalue weighted by Crippen LogP contribution is -2.53. The number of guanidine groups is 1. The first kappa shape index (κ1) is 20.5. The lowest BCUT2D eigenvalue weighted by Gasteiger charge is -2.39. The molecule has 1 unspecified atom stereocenters. The minimum atomic E-state index is 0.478. The van der Waals surface area contributed by atoms with Gasteiger partial charge in [0.1, 0.15) is 0 Å². The molecule has 1 fully saturated rings. The summed E-state index contributed by atoms with van der Waals surface area (Å²) in [6, 6.07) is 6.37. The summed E-state index contributed by atoms with van der Waals surface area (Å²) < 4.78 is 7.53. The third kappa shape index (κ3) is 4.99. The molecule has 1 saturated heterocycles. The van der Waals surface area contributed by atoms with Gasteiger partial charge in [-0.15, -0.1) is 10.2 Å². The highest BCUT2D eigenvalue weighted by molar-refractivity contribution is 5.79. The van der Waals surface area contributed by atoms with Gasteiger partial charge in [0.05, 0.1) is 19.8 Å². The zero-order valence-corrected chi connectivity index (χ0v) is 17.3. The van der Waals surface area contributed by atoms with E-state index < -0.39 is 0 Å². The molecule has 2 aromatic rings. The monoisotopic (exact) mass is 387 g/mol. The van der Waals surface area contributed by atoms with Gasteiger partial charge in [-0.3, -0.25) is 14.3 Å². The summed E-state index contributed by atoms with van der Waals surface area (Å²) in [5.74, 6) is 2.31. The van der Waals surface area contributed by atoms with Crippen LogP contribution >= 0.6 is 0 Å². The van der Waals surface area contributed by atoms with Gasteiger partial charge in [-0.2, -0.15) is 0 Å². The average molecular weight is 388 g/mol. The number of rotatable bonds is 8. The van der Waals surface area contributed by atoms with Crippen LogP contribution in [0.2, 0.25) is 0 Å². The van der Waals surface area contributed by atoms with Crippen LogP contribution in [0.4, 0.5) is 0 Å². The van der Waals surface area contributed by atoms with Crippen molar-refractivity contribution in [1.82, 2.24) is 30.1 Å². The normalized spacial score (nSPS) is 17.2. The van der Waals surface area contributed by atoms with Crippen LogP contribution in [-0.2, 0) is 11.3 Å². The lowest BCUT2D eigenvalue weighted by molar-refractivity contribution is 0.00272. The van der Waals surface area contributed by atoms with Crippen molar-refractivity contribution in [2.75, 3.05) is 39.9 Å². The van der Waals surface area contributed by atoms with Crippen LogP contribution in [0, 0.1) is 5.92 Å². The van der Waals surface area contributed by atoms with Gasteiger partial charge >= 0.3 is 0 Å². The summed E-state index contributed by atoms with van der Waals surface area (Å²) in [6.45, 7) is 9.65. The Bertz CT molecular complexity index is 750. The van der Waals surface area contributed by atoms with Crippen molar-refractivity contribution in [2.45, 2.75) is 39.3 Å². The number of fused-ring (bicyclic) bond motifs is 1. The number of aromatic nitrogens is 3. The van der Waals surface area contributed by atoms with Crippen LogP contribution in [0.3, 0.4) is 0 Å². The molecule has 0 aliphatic carbocycles. The number of nitrogens with one attached hydrogen (secondary N) is 2. The van der Waals surface area contributed by atoms with E-state index in [1.54, 1.807) is 7.05 Å². The van der Waals surface area contributed by atoms with Crippen LogP contribution in [0.15, 0.2) is 29.4 Å². The highest BCUT2D eigenvalue weighted by atomic mass is 16.5. The van der Waals surface area contributed by atoms with Crippen LogP contribution in [-0.4, -0.2) is 71.4 Å². The van der Waals surface area contributed by atoms with Crippen molar-refractivity contribution in [2.24, 2.45) is 10.9 Å². The predicted molar refractivity (Wildman–Crippen MR) is 111 cm³/mol.